The molecule has 0 saturated carbocycles. The van der Waals surface area contributed by atoms with E-state index in [1.54, 1.807) is 23.6 Å². The topological polar surface area (TPSA) is 70.5 Å². The molecule has 1 aliphatic rings. The molecule has 1 N–H and O–H groups in total. The summed E-state index contributed by atoms with van der Waals surface area (Å²) >= 11 is 1.78. The highest BCUT2D eigenvalue weighted by Crippen LogP contribution is 2.16. The van der Waals surface area contributed by atoms with Gasteiger partial charge in [0.05, 0.1) is 6.54 Å². The second-order valence-electron chi connectivity index (χ2n) is 7.36. The van der Waals surface area contributed by atoms with Crippen molar-refractivity contribution < 1.29 is 4.79 Å². The van der Waals surface area contributed by atoms with Gasteiger partial charge in [-0.15, -0.1) is 11.3 Å². The van der Waals surface area contributed by atoms with Crippen molar-refractivity contribution in [2.24, 2.45) is 0 Å². The van der Waals surface area contributed by atoms with E-state index in [1.165, 1.54) is 15.6 Å². The van der Waals surface area contributed by atoms with E-state index in [-0.39, 0.29) is 11.7 Å². The lowest BCUT2D eigenvalue weighted by atomic mass is 10.2. The van der Waals surface area contributed by atoms with E-state index >= 15 is 0 Å². The minimum absolute atomic E-state index is 0.0799. The molecule has 156 valence electrons. The molecular formula is C22H25N5O2S. The minimum Gasteiger partial charge on any atom is -0.323 e. The van der Waals surface area contributed by atoms with Crippen molar-refractivity contribution in [2.45, 2.75) is 19.5 Å². The van der Waals surface area contributed by atoms with Crippen LogP contribution in [0.3, 0.4) is 0 Å². The molecule has 7 nitrogen and oxygen atoms in total. The number of urea groups is 1. The number of rotatable bonds is 5. The number of hydrogen-bond donors (Lipinski definition) is 1. The number of anilines is 1. The molecule has 3 aromatic rings. The summed E-state index contributed by atoms with van der Waals surface area (Å²) in [5.41, 5.74) is 1.37. The molecule has 2 aromatic heterocycles. The Morgan fingerprint density at radius 2 is 2.00 bits per heavy atom. The third-order valence-corrected chi connectivity index (χ3v) is 6.01. The molecule has 4 rings (SSSR count). The summed E-state index contributed by atoms with van der Waals surface area (Å²) < 4.78 is 1.54. The summed E-state index contributed by atoms with van der Waals surface area (Å²) in [5, 5.41) is 5.11. The Hall–Kier alpha value is -2.97. The molecule has 30 heavy (non-hydrogen) atoms. The number of benzene rings is 1. The zero-order valence-corrected chi connectivity index (χ0v) is 17.6. The molecule has 8 heteroatoms. The maximum Gasteiger partial charge on any atom is 0.347 e. The minimum atomic E-state index is -0.288. The van der Waals surface area contributed by atoms with E-state index in [9.17, 15) is 9.59 Å². The standard InChI is InChI=1S/C22H25N5O2S/c28-21-23-8-3-10-27(21)16-18-5-1-6-19(15-18)24-22(29)26-11-4-9-25(12-13-26)17-20-7-2-14-30-20/h1-3,5-8,10,14-15H,4,9,11-13,16-17H2,(H,24,29). The molecule has 1 fully saturated rings. The first-order valence-corrected chi connectivity index (χ1v) is 11.0. The van der Waals surface area contributed by atoms with Crippen molar-refractivity contribution in [1.29, 1.82) is 0 Å². The van der Waals surface area contributed by atoms with Gasteiger partial charge in [-0.1, -0.05) is 18.2 Å². The van der Waals surface area contributed by atoms with Crippen LogP contribution in [0.2, 0.25) is 0 Å². The molecule has 1 saturated heterocycles. The number of nitrogens with one attached hydrogen (secondary N) is 1. The van der Waals surface area contributed by atoms with E-state index < -0.39 is 0 Å². The van der Waals surface area contributed by atoms with Crippen LogP contribution in [0.5, 0.6) is 0 Å². The first-order chi connectivity index (χ1) is 14.7. The van der Waals surface area contributed by atoms with Crippen LogP contribution in [-0.2, 0) is 13.1 Å². The van der Waals surface area contributed by atoms with Gasteiger partial charge in [-0.2, -0.15) is 0 Å². The number of aromatic nitrogens is 2. The van der Waals surface area contributed by atoms with Gasteiger partial charge in [0.15, 0.2) is 0 Å². The van der Waals surface area contributed by atoms with E-state index in [2.05, 4.69) is 32.7 Å². The first-order valence-electron chi connectivity index (χ1n) is 10.1. The summed E-state index contributed by atoms with van der Waals surface area (Å²) in [4.78, 5) is 34.0. The summed E-state index contributed by atoms with van der Waals surface area (Å²) in [6, 6.07) is 13.5. The molecule has 3 heterocycles. The first kappa shape index (κ1) is 20.3. The van der Waals surface area contributed by atoms with E-state index in [1.807, 2.05) is 29.2 Å². The van der Waals surface area contributed by atoms with Gasteiger partial charge in [-0.05, 0) is 41.6 Å². The molecular weight excluding hydrogens is 398 g/mol. The molecule has 2 amide bonds. The van der Waals surface area contributed by atoms with Crippen molar-refractivity contribution in [3.8, 4) is 0 Å². The fourth-order valence-corrected chi connectivity index (χ4v) is 4.36. The van der Waals surface area contributed by atoms with Crippen LogP contribution in [-0.4, -0.2) is 51.6 Å². The van der Waals surface area contributed by atoms with Crippen molar-refractivity contribution in [2.75, 3.05) is 31.5 Å². The van der Waals surface area contributed by atoms with Crippen LogP contribution in [0, 0.1) is 0 Å². The fraction of sp³-hybridized carbons (Fsp3) is 0.318. The smallest absolute Gasteiger partial charge is 0.323 e. The Balaban J connectivity index is 1.34. The molecule has 1 aliphatic heterocycles. The SMILES string of the molecule is O=C(Nc1cccc(Cn2cccnc2=O)c1)N1CCCN(Cc2cccs2)CC1. The Labute approximate surface area is 179 Å². The zero-order valence-electron chi connectivity index (χ0n) is 16.7. The highest BCUT2D eigenvalue weighted by molar-refractivity contribution is 7.09. The van der Waals surface area contributed by atoms with Crippen LogP contribution in [0.15, 0.2) is 65.0 Å². The molecule has 0 bridgehead atoms. The summed E-state index contributed by atoms with van der Waals surface area (Å²) in [6.45, 7) is 4.69. The number of carbonyl (C=O) groups is 1. The third-order valence-electron chi connectivity index (χ3n) is 5.15. The molecule has 1 aromatic carbocycles. The predicted molar refractivity (Wildman–Crippen MR) is 119 cm³/mol. The predicted octanol–water partition coefficient (Wildman–Crippen LogP) is 3.09. The van der Waals surface area contributed by atoms with Crippen LogP contribution in [0.1, 0.15) is 16.9 Å². The number of carbonyl (C=O) groups excluding carboxylic acids is 1. The van der Waals surface area contributed by atoms with Gasteiger partial charge in [-0.25, -0.2) is 14.6 Å². The van der Waals surface area contributed by atoms with Gasteiger partial charge >= 0.3 is 11.7 Å². The van der Waals surface area contributed by atoms with Crippen LogP contribution >= 0.6 is 11.3 Å². The lowest BCUT2D eigenvalue weighted by molar-refractivity contribution is 0.211. The van der Waals surface area contributed by atoms with Crippen LogP contribution in [0.25, 0.3) is 0 Å². The fourth-order valence-electron chi connectivity index (χ4n) is 3.61. The summed E-state index contributed by atoms with van der Waals surface area (Å²) in [5.74, 6) is 0. The van der Waals surface area contributed by atoms with Gasteiger partial charge in [-0.3, -0.25) is 9.47 Å². The number of thiophene rings is 1. The maximum atomic E-state index is 12.8. The van der Waals surface area contributed by atoms with E-state index in [0.717, 1.165) is 43.9 Å². The Bertz CT molecular complexity index is 1030. The second-order valence-corrected chi connectivity index (χ2v) is 8.39. The zero-order chi connectivity index (χ0) is 20.8. The molecule has 0 aliphatic carbocycles. The highest BCUT2D eigenvalue weighted by atomic mass is 32.1. The average Bonchev–Trinajstić information content (AvgIpc) is 3.14. The van der Waals surface area contributed by atoms with Gasteiger partial charge < -0.3 is 10.2 Å². The highest BCUT2D eigenvalue weighted by Gasteiger charge is 2.19. The largest absolute Gasteiger partial charge is 0.347 e. The monoisotopic (exact) mass is 423 g/mol. The Morgan fingerprint density at radius 3 is 2.83 bits per heavy atom. The second kappa shape index (κ2) is 9.69. The summed E-state index contributed by atoms with van der Waals surface area (Å²) in [7, 11) is 0. The van der Waals surface area contributed by atoms with E-state index in [4.69, 9.17) is 0 Å². The average molecular weight is 424 g/mol. The maximum absolute atomic E-state index is 12.8. The number of amides is 2. The van der Waals surface area contributed by atoms with Crippen molar-refractivity contribution >= 4 is 23.1 Å². The van der Waals surface area contributed by atoms with Gasteiger partial charge in [0.1, 0.15) is 0 Å². The summed E-state index contributed by atoms with van der Waals surface area (Å²) in [6.07, 6.45) is 4.15. The van der Waals surface area contributed by atoms with Crippen LogP contribution < -0.4 is 11.0 Å². The van der Waals surface area contributed by atoms with Crippen LogP contribution in [0.4, 0.5) is 10.5 Å². The quantitative estimate of drug-likeness (QED) is 0.685. The molecule has 0 radical (unpaired) electrons. The normalized spacial score (nSPS) is 15.0. The molecule has 0 spiro atoms. The van der Waals surface area contributed by atoms with E-state index in [0.29, 0.717) is 13.1 Å². The molecule has 0 atom stereocenters. The number of hydrogen-bond acceptors (Lipinski definition) is 5. The van der Waals surface area contributed by atoms with Crippen molar-refractivity contribution in [1.82, 2.24) is 19.4 Å². The van der Waals surface area contributed by atoms with Gasteiger partial charge in [0.25, 0.3) is 0 Å². The Morgan fingerprint density at radius 1 is 1.07 bits per heavy atom. The number of nitrogens with zero attached hydrogens (tertiary/aromatic N) is 4. The van der Waals surface area contributed by atoms with Gasteiger partial charge in [0, 0.05) is 55.7 Å². The van der Waals surface area contributed by atoms with Gasteiger partial charge in [0.2, 0.25) is 0 Å². The third kappa shape index (κ3) is 5.34. The lowest BCUT2D eigenvalue weighted by Gasteiger charge is -2.22. The van der Waals surface area contributed by atoms with Crippen molar-refractivity contribution in [3.05, 3.63) is 81.2 Å². The lowest BCUT2D eigenvalue weighted by Crippen LogP contribution is -2.38. The Kier molecular flexibility index (Phi) is 6.56. The van der Waals surface area contributed by atoms with Crippen molar-refractivity contribution in [3.63, 3.8) is 0 Å². The molecule has 0 unspecified atom stereocenters.